The lowest BCUT2D eigenvalue weighted by Crippen LogP contribution is -2.14. The van der Waals surface area contributed by atoms with Gasteiger partial charge in [-0.2, -0.15) is 0 Å². The monoisotopic (exact) mass is 172 g/mol. The highest BCUT2D eigenvalue weighted by Gasteiger charge is 2.19. The first-order chi connectivity index (χ1) is 5.86. The molecule has 0 N–H and O–H groups in total. The van der Waals surface area contributed by atoms with Crippen LogP contribution in [-0.2, 0) is 0 Å². The minimum atomic E-state index is -0.108. The second-order valence-corrected chi connectivity index (χ2v) is 4.15. The first-order valence-electron chi connectivity index (χ1n) is 5.42. The Morgan fingerprint density at radius 2 is 1.50 bits per heavy atom. The minimum absolute atomic E-state index is 0.108. The van der Waals surface area contributed by atoms with E-state index in [0.717, 1.165) is 12.3 Å². The van der Waals surface area contributed by atoms with Crippen molar-refractivity contribution in [2.24, 2.45) is 11.8 Å². The first kappa shape index (κ1) is 10.0. The summed E-state index contributed by atoms with van der Waals surface area (Å²) >= 11 is 0. The van der Waals surface area contributed by atoms with E-state index in [1.165, 1.54) is 38.5 Å². The van der Waals surface area contributed by atoms with Gasteiger partial charge in [-0.15, -0.1) is 0 Å². The van der Waals surface area contributed by atoms with Crippen LogP contribution in [0, 0.1) is 11.8 Å². The molecule has 0 heterocycles. The average molecular weight is 172 g/mol. The Balaban J connectivity index is 2.11. The third-order valence-electron chi connectivity index (χ3n) is 3.18. The zero-order valence-corrected chi connectivity index (χ0v) is 8.19. The maximum atomic E-state index is 12.0. The first-order valence-corrected chi connectivity index (χ1v) is 5.42. The molecule has 0 aliphatic heterocycles. The van der Waals surface area contributed by atoms with Crippen LogP contribution < -0.4 is 0 Å². The van der Waals surface area contributed by atoms with Crippen molar-refractivity contribution in [2.75, 3.05) is 6.67 Å². The van der Waals surface area contributed by atoms with E-state index in [4.69, 9.17) is 0 Å². The van der Waals surface area contributed by atoms with Gasteiger partial charge >= 0.3 is 0 Å². The van der Waals surface area contributed by atoms with Gasteiger partial charge in [0.05, 0.1) is 6.67 Å². The van der Waals surface area contributed by atoms with Crippen LogP contribution in [0.1, 0.15) is 51.9 Å². The summed E-state index contributed by atoms with van der Waals surface area (Å²) in [5, 5.41) is 0. The Morgan fingerprint density at radius 1 is 1.00 bits per heavy atom. The van der Waals surface area contributed by atoms with Crippen molar-refractivity contribution in [3.05, 3.63) is 0 Å². The zero-order valence-electron chi connectivity index (χ0n) is 8.19. The fourth-order valence-electron chi connectivity index (χ4n) is 2.37. The van der Waals surface area contributed by atoms with Crippen molar-refractivity contribution in [1.82, 2.24) is 0 Å². The summed E-state index contributed by atoms with van der Waals surface area (Å²) in [4.78, 5) is 0. The van der Waals surface area contributed by atoms with E-state index in [-0.39, 0.29) is 6.67 Å². The van der Waals surface area contributed by atoms with Crippen LogP contribution in [0.15, 0.2) is 0 Å². The van der Waals surface area contributed by atoms with Gasteiger partial charge in [0.15, 0.2) is 0 Å². The van der Waals surface area contributed by atoms with Crippen LogP contribution in [0.4, 0.5) is 4.39 Å². The number of hydrogen-bond donors (Lipinski definition) is 0. The molecule has 0 amide bonds. The Hall–Kier alpha value is -0.0700. The van der Waals surface area contributed by atoms with Gasteiger partial charge in [-0.25, -0.2) is 0 Å². The quantitative estimate of drug-likeness (QED) is 0.602. The predicted molar refractivity (Wildman–Crippen MR) is 50.9 cm³/mol. The van der Waals surface area contributed by atoms with E-state index in [1.54, 1.807) is 0 Å². The Bertz CT molecular complexity index is 89.6. The number of halogens is 1. The Kier molecular flexibility index (Phi) is 4.63. The molecule has 1 aliphatic carbocycles. The highest BCUT2D eigenvalue weighted by molar-refractivity contribution is 4.72. The van der Waals surface area contributed by atoms with Gasteiger partial charge in [-0.3, -0.25) is 4.39 Å². The molecule has 12 heavy (non-hydrogen) atoms. The van der Waals surface area contributed by atoms with Gasteiger partial charge in [0.1, 0.15) is 0 Å². The fourth-order valence-corrected chi connectivity index (χ4v) is 2.37. The fraction of sp³-hybridized carbons (Fsp3) is 1.00. The van der Waals surface area contributed by atoms with E-state index >= 15 is 0 Å². The van der Waals surface area contributed by atoms with Gasteiger partial charge in [-0.1, -0.05) is 45.4 Å². The van der Waals surface area contributed by atoms with Crippen molar-refractivity contribution in [1.29, 1.82) is 0 Å². The maximum Gasteiger partial charge on any atom is 0.0897 e. The summed E-state index contributed by atoms with van der Waals surface area (Å²) in [6.45, 7) is 2.15. The summed E-state index contributed by atoms with van der Waals surface area (Å²) < 4.78 is 12.0. The summed E-state index contributed by atoms with van der Waals surface area (Å²) in [5.41, 5.74) is 0. The third-order valence-corrected chi connectivity index (χ3v) is 3.18. The van der Waals surface area contributed by atoms with Gasteiger partial charge in [0, 0.05) is 0 Å². The van der Waals surface area contributed by atoms with Crippen molar-refractivity contribution < 1.29 is 4.39 Å². The molecule has 0 atom stereocenters. The number of rotatable bonds is 4. The summed E-state index contributed by atoms with van der Waals surface area (Å²) in [6.07, 6.45) is 8.82. The molecule has 0 saturated heterocycles. The normalized spacial score (nSPS) is 30.5. The lowest BCUT2D eigenvalue weighted by atomic mass is 9.79. The highest BCUT2D eigenvalue weighted by atomic mass is 19.1. The average Bonchev–Trinajstić information content (AvgIpc) is 2.09. The standard InChI is InChI=1S/C11H21F/c1-2-3-10-4-6-11(7-5-10)8-9-12/h10-11H,2-9H2,1H3. The molecule has 72 valence electrons. The van der Waals surface area contributed by atoms with Crippen LogP contribution in [0.25, 0.3) is 0 Å². The predicted octanol–water partition coefficient (Wildman–Crippen LogP) is 3.95. The van der Waals surface area contributed by atoms with Crippen LogP contribution in [0.5, 0.6) is 0 Å². The summed E-state index contributed by atoms with van der Waals surface area (Å²) in [6, 6.07) is 0. The molecular weight excluding hydrogens is 151 g/mol. The molecule has 1 saturated carbocycles. The molecule has 1 heteroatoms. The molecule has 0 bridgehead atoms. The maximum absolute atomic E-state index is 12.0. The molecule has 0 aromatic heterocycles. The smallest absolute Gasteiger partial charge is 0.0897 e. The van der Waals surface area contributed by atoms with Crippen LogP contribution in [0.2, 0.25) is 0 Å². The van der Waals surface area contributed by atoms with E-state index in [0.29, 0.717) is 5.92 Å². The Morgan fingerprint density at radius 3 is 1.92 bits per heavy atom. The summed E-state index contributed by atoms with van der Waals surface area (Å²) in [7, 11) is 0. The van der Waals surface area contributed by atoms with Crippen LogP contribution in [0.3, 0.4) is 0 Å². The SMILES string of the molecule is CCCC1CCC(CCF)CC1. The molecule has 0 nitrogen and oxygen atoms in total. The van der Waals surface area contributed by atoms with Crippen molar-refractivity contribution >= 4 is 0 Å². The molecule has 0 unspecified atom stereocenters. The third kappa shape index (κ3) is 3.12. The van der Waals surface area contributed by atoms with Gasteiger partial charge in [-0.05, 0) is 18.3 Å². The molecule has 1 fully saturated rings. The topological polar surface area (TPSA) is 0 Å². The summed E-state index contributed by atoms with van der Waals surface area (Å²) in [5.74, 6) is 1.67. The van der Waals surface area contributed by atoms with E-state index in [2.05, 4.69) is 6.92 Å². The van der Waals surface area contributed by atoms with E-state index in [9.17, 15) is 4.39 Å². The van der Waals surface area contributed by atoms with Crippen LogP contribution >= 0.6 is 0 Å². The van der Waals surface area contributed by atoms with Crippen molar-refractivity contribution in [2.45, 2.75) is 51.9 Å². The van der Waals surface area contributed by atoms with E-state index in [1.807, 2.05) is 0 Å². The van der Waals surface area contributed by atoms with Crippen LogP contribution in [-0.4, -0.2) is 6.67 Å². The minimum Gasteiger partial charge on any atom is -0.251 e. The largest absolute Gasteiger partial charge is 0.251 e. The molecule has 0 aromatic carbocycles. The Labute approximate surface area is 75.5 Å². The lowest BCUT2D eigenvalue weighted by Gasteiger charge is -2.27. The zero-order chi connectivity index (χ0) is 8.81. The lowest BCUT2D eigenvalue weighted by molar-refractivity contribution is 0.238. The molecule has 0 spiro atoms. The van der Waals surface area contributed by atoms with E-state index < -0.39 is 0 Å². The van der Waals surface area contributed by atoms with Crippen molar-refractivity contribution in [3.8, 4) is 0 Å². The molecule has 1 rings (SSSR count). The number of alkyl halides is 1. The van der Waals surface area contributed by atoms with Gasteiger partial charge < -0.3 is 0 Å². The molecule has 1 aliphatic rings. The molecule has 0 radical (unpaired) electrons. The molecular formula is C11H21F. The molecule has 0 aromatic rings. The highest BCUT2D eigenvalue weighted by Crippen LogP contribution is 2.32. The van der Waals surface area contributed by atoms with Gasteiger partial charge in [0.2, 0.25) is 0 Å². The van der Waals surface area contributed by atoms with Crippen molar-refractivity contribution in [3.63, 3.8) is 0 Å². The second-order valence-electron chi connectivity index (χ2n) is 4.15. The number of hydrogen-bond acceptors (Lipinski definition) is 0. The second kappa shape index (κ2) is 5.55. The van der Waals surface area contributed by atoms with Gasteiger partial charge in [0.25, 0.3) is 0 Å².